The predicted molar refractivity (Wildman–Crippen MR) is 81.1 cm³/mol. The molecule has 2 N–H and O–H groups in total. The Bertz CT molecular complexity index is 652. The normalized spacial score (nSPS) is 17.7. The van der Waals surface area contributed by atoms with Gasteiger partial charge >= 0.3 is 5.97 Å². The number of carboxylic acid groups (broad SMARTS) is 1. The monoisotopic (exact) mass is 346 g/mol. The topological polar surface area (TPSA) is 104 Å². The Balaban J connectivity index is 2.12. The van der Waals surface area contributed by atoms with E-state index in [1.807, 2.05) is 0 Å². The van der Waals surface area contributed by atoms with Crippen LogP contribution < -0.4 is 4.72 Å². The van der Waals surface area contributed by atoms with Crippen LogP contribution in [0.15, 0.2) is 21.7 Å². The number of nitrogens with zero attached hydrogens (tertiary/aromatic N) is 1. The number of carbonyl (C=O) groups is 2. The molecule has 2 atom stereocenters. The summed E-state index contributed by atoms with van der Waals surface area (Å²) in [6, 6.07) is 0.938. The summed E-state index contributed by atoms with van der Waals surface area (Å²) >= 11 is 1.05. The molecule has 1 saturated carbocycles. The summed E-state index contributed by atoms with van der Waals surface area (Å²) in [4.78, 5) is 24.9. The average Bonchev–Trinajstić information content (AvgIpc) is 3.09. The number of rotatable bonds is 7. The van der Waals surface area contributed by atoms with Crippen LogP contribution >= 0.6 is 11.3 Å². The van der Waals surface area contributed by atoms with Gasteiger partial charge in [0.2, 0.25) is 5.91 Å². The van der Waals surface area contributed by atoms with E-state index in [-0.39, 0.29) is 10.3 Å². The fourth-order valence-corrected chi connectivity index (χ4v) is 4.35. The maximum absolute atomic E-state index is 12.5. The molecule has 9 heteroatoms. The molecule has 0 radical (unpaired) electrons. The molecule has 1 aromatic heterocycles. The van der Waals surface area contributed by atoms with Crippen LogP contribution in [-0.2, 0) is 19.6 Å². The molecule has 0 saturated heterocycles. The zero-order valence-electron chi connectivity index (χ0n) is 12.2. The molecule has 2 unspecified atom stereocenters. The van der Waals surface area contributed by atoms with Gasteiger partial charge < -0.3 is 10.0 Å². The first kappa shape index (κ1) is 16.9. The Hall–Kier alpha value is -1.45. The molecular formula is C13H18N2O5S2. The third kappa shape index (κ3) is 3.65. The van der Waals surface area contributed by atoms with Gasteiger partial charge in [-0.2, -0.15) is 4.72 Å². The van der Waals surface area contributed by atoms with E-state index in [9.17, 15) is 18.0 Å². The van der Waals surface area contributed by atoms with Crippen LogP contribution in [-0.4, -0.2) is 48.4 Å². The Labute approximate surface area is 133 Å². The minimum atomic E-state index is -3.77. The number of thiophene rings is 1. The third-order valence-corrected chi connectivity index (χ3v) is 6.37. The van der Waals surface area contributed by atoms with Crippen molar-refractivity contribution in [3.63, 3.8) is 0 Å². The van der Waals surface area contributed by atoms with Crippen molar-refractivity contribution in [3.8, 4) is 0 Å². The largest absolute Gasteiger partial charge is 0.480 e. The number of nitrogens with one attached hydrogen (secondary N) is 1. The van der Waals surface area contributed by atoms with E-state index < -0.39 is 34.0 Å². The van der Waals surface area contributed by atoms with Crippen LogP contribution in [0.5, 0.6) is 0 Å². The first-order valence-electron chi connectivity index (χ1n) is 6.85. The molecule has 0 aromatic carbocycles. The van der Waals surface area contributed by atoms with Crippen LogP contribution in [0.4, 0.5) is 0 Å². The van der Waals surface area contributed by atoms with Gasteiger partial charge in [0.25, 0.3) is 10.0 Å². The lowest BCUT2D eigenvalue weighted by atomic mass is 10.2. The Kier molecular flexibility index (Phi) is 4.88. The van der Waals surface area contributed by atoms with E-state index >= 15 is 0 Å². The summed E-state index contributed by atoms with van der Waals surface area (Å²) in [6.45, 7) is 2.86. The van der Waals surface area contributed by atoms with Crippen LogP contribution in [0.1, 0.15) is 26.7 Å². The standard InChI is InChI=1S/C13H18N2O5S2/c1-8(14-22(19,20)11-4-3-7-21-11)12(16)15(10-5-6-10)9(2)13(17)18/h3-4,7-10,14H,5-6H2,1-2H3,(H,17,18). The zero-order valence-corrected chi connectivity index (χ0v) is 13.9. The van der Waals surface area contributed by atoms with Gasteiger partial charge in [-0.1, -0.05) is 6.07 Å². The van der Waals surface area contributed by atoms with Crippen LogP contribution in [0, 0.1) is 0 Å². The van der Waals surface area contributed by atoms with Crippen LogP contribution in [0.3, 0.4) is 0 Å². The molecule has 0 bridgehead atoms. The number of hydrogen-bond donors (Lipinski definition) is 2. The van der Waals surface area contributed by atoms with Gasteiger partial charge in [0.15, 0.2) is 0 Å². The van der Waals surface area contributed by atoms with E-state index in [0.717, 1.165) is 24.2 Å². The molecule has 1 amide bonds. The second-order valence-corrected chi connectivity index (χ2v) is 8.15. The highest BCUT2D eigenvalue weighted by Gasteiger charge is 2.40. The van der Waals surface area contributed by atoms with Crippen molar-refractivity contribution in [2.45, 2.75) is 49.0 Å². The van der Waals surface area contributed by atoms with Crippen molar-refractivity contribution < 1.29 is 23.1 Å². The molecule has 1 heterocycles. The van der Waals surface area contributed by atoms with Gasteiger partial charge in [-0.15, -0.1) is 11.3 Å². The predicted octanol–water partition coefficient (Wildman–Crippen LogP) is 0.879. The van der Waals surface area contributed by atoms with Crippen LogP contribution in [0.2, 0.25) is 0 Å². The second-order valence-electron chi connectivity index (χ2n) is 5.27. The number of sulfonamides is 1. The number of amides is 1. The first-order valence-corrected chi connectivity index (χ1v) is 9.21. The van der Waals surface area contributed by atoms with Crippen molar-refractivity contribution in [1.29, 1.82) is 0 Å². The highest BCUT2D eigenvalue weighted by molar-refractivity contribution is 7.91. The summed E-state index contributed by atoms with van der Waals surface area (Å²) in [5, 5.41) is 10.7. The summed E-state index contributed by atoms with van der Waals surface area (Å²) < 4.78 is 26.7. The fourth-order valence-electron chi connectivity index (χ4n) is 2.14. The fraction of sp³-hybridized carbons (Fsp3) is 0.538. The van der Waals surface area contributed by atoms with Gasteiger partial charge in [-0.3, -0.25) is 4.79 Å². The van der Waals surface area contributed by atoms with Gasteiger partial charge in [-0.05, 0) is 38.1 Å². The molecule has 2 rings (SSSR count). The summed E-state index contributed by atoms with van der Waals surface area (Å²) in [6.07, 6.45) is 1.49. The van der Waals surface area contributed by atoms with Crippen molar-refractivity contribution in [1.82, 2.24) is 9.62 Å². The molecular weight excluding hydrogens is 328 g/mol. The van der Waals surface area contributed by atoms with E-state index in [2.05, 4.69) is 4.72 Å². The maximum Gasteiger partial charge on any atom is 0.326 e. The van der Waals surface area contributed by atoms with Gasteiger partial charge in [0.05, 0.1) is 6.04 Å². The summed E-state index contributed by atoms with van der Waals surface area (Å²) in [7, 11) is -3.77. The highest BCUT2D eigenvalue weighted by Crippen LogP contribution is 2.29. The maximum atomic E-state index is 12.5. The lowest BCUT2D eigenvalue weighted by molar-refractivity contribution is -0.150. The van der Waals surface area contributed by atoms with Crippen molar-refractivity contribution in [3.05, 3.63) is 17.5 Å². The molecule has 22 heavy (non-hydrogen) atoms. The van der Waals surface area contributed by atoms with Crippen LogP contribution in [0.25, 0.3) is 0 Å². The quantitative estimate of drug-likeness (QED) is 0.763. The van der Waals surface area contributed by atoms with E-state index in [1.54, 1.807) is 11.4 Å². The Morgan fingerprint density at radius 3 is 2.50 bits per heavy atom. The van der Waals surface area contributed by atoms with Crippen molar-refractivity contribution >= 4 is 33.2 Å². The second kappa shape index (κ2) is 6.35. The smallest absolute Gasteiger partial charge is 0.326 e. The van der Waals surface area contributed by atoms with E-state index in [0.29, 0.717) is 0 Å². The van der Waals surface area contributed by atoms with E-state index in [4.69, 9.17) is 5.11 Å². The number of aliphatic carboxylic acids is 1. The SMILES string of the molecule is CC(NS(=O)(=O)c1cccs1)C(=O)N(C1CC1)C(C)C(=O)O. The van der Waals surface area contributed by atoms with Crippen molar-refractivity contribution in [2.24, 2.45) is 0 Å². The third-order valence-electron chi connectivity index (χ3n) is 3.43. The number of hydrogen-bond acceptors (Lipinski definition) is 5. The number of carboxylic acids is 1. The van der Waals surface area contributed by atoms with Crippen molar-refractivity contribution in [2.75, 3.05) is 0 Å². The summed E-state index contributed by atoms with van der Waals surface area (Å²) in [5.41, 5.74) is 0. The van der Waals surface area contributed by atoms with Gasteiger partial charge in [0, 0.05) is 6.04 Å². The molecule has 0 spiro atoms. The lowest BCUT2D eigenvalue weighted by Gasteiger charge is -2.29. The molecule has 1 aliphatic rings. The minimum Gasteiger partial charge on any atom is -0.480 e. The number of carbonyl (C=O) groups excluding carboxylic acids is 1. The van der Waals surface area contributed by atoms with Gasteiger partial charge in [-0.25, -0.2) is 13.2 Å². The van der Waals surface area contributed by atoms with E-state index in [1.165, 1.54) is 24.8 Å². The average molecular weight is 346 g/mol. The zero-order chi connectivity index (χ0) is 16.5. The highest BCUT2D eigenvalue weighted by atomic mass is 32.2. The van der Waals surface area contributed by atoms with Gasteiger partial charge in [0.1, 0.15) is 10.3 Å². The Morgan fingerprint density at radius 1 is 1.41 bits per heavy atom. The Morgan fingerprint density at radius 2 is 2.05 bits per heavy atom. The first-order chi connectivity index (χ1) is 10.2. The minimum absolute atomic E-state index is 0.118. The molecule has 1 aromatic rings. The molecule has 1 aliphatic carbocycles. The molecule has 7 nitrogen and oxygen atoms in total. The molecule has 0 aliphatic heterocycles. The molecule has 1 fully saturated rings. The lowest BCUT2D eigenvalue weighted by Crippen LogP contribution is -2.52. The summed E-state index contributed by atoms with van der Waals surface area (Å²) in [5.74, 6) is -1.62. The molecule has 122 valence electrons.